The zero-order valence-corrected chi connectivity index (χ0v) is 13.3. The number of hydrogen-bond acceptors (Lipinski definition) is 7. The molecule has 0 aliphatic rings. The van der Waals surface area contributed by atoms with Crippen molar-refractivity contribution in [2.45, 2.75) is 0 Å². The zero-order valence-electron chi connectivity index (χ0n) is 13.3. The van der Waals surface area contributed by atoms with Crippen LogP contribution in [0.4, 0.5) is 5.69 Å². The highest BCUT2D eigenvalue weighted by atomic mass is 16.5. The maximum atomic E-state index is 11.6. The topological polar surface area (TPSA) is 134 Å². The number of carbonyl (C=O) groups is 1. The second-order valence-electron chi connectivity index (χ2n) is 4.72. The maximum Gasteiger partial charge on any atom is 0.337 e. The first-order valence-electron chi connectivity index (χ1n) is 7.08. The average Bonchev–Trinajstić information content (AvgIpc) is 2.62. The number of ether oxygens (including phenoxy) is 2. The fraction of sp³-hybridized carbons (Fsp3) is 0.0588. The SMILES string of the molecule is COC(=O)c1cccc(Oc2ccccc2N/N=C(\C#N)C(=N)N)c1. The van der Waals surface area contributed by atoms with Crippen LogP contribution in [0.15, 0.2) is 53.6 Å². The number of carbonyl (C=O) groups excluding carboxylic acids is 1. The van der Waals surface area contributed by atoms with E-state index in [4.69, 9.17) is 21.1 Å². The number of anilines is 1. The molecule has 2 aromatic rings. The van der Waals surface area contributed by atoms with Crippen LogP contribution in [-0.4, -0.2) is 24.6 Å². The predicted octanol–water partition coefficient (Wildman–Crippen LogP) is 2.49. The number of esters is 1. The molecule has 0 aliphatic carbocycles. The number of hydrazone groups is 1. The Kier molecular flexibility index (Phi) is 5.68. The Morgan fingerprint density at radius 1 is 1.28 bits per heavy atom. The van der Waals surface area contributed by atoms with Crippen molar-refractivity contribution in [3.05, 3.63) is 54.1 Å². The molecular weight excluding hydrogens is 322 g/mol. The van der Waals surface area contributed by atoms with E-state index >= 15 is 0 Å². The summed E-state index contributed by atoms with van der Waals surface area (Å²) < 4.78 is 10.4. The molecule has 0 fully saturated rings. The average molecular weight is 337 g/mol. The number of nitrogens with one attached hydrogen (secondary N) is 2. The lowest BCUT2D eigenvalue weighted by molar-refractivity contribution is 0.0600. The van der Waals surface area contributed by atoms with Crippen molar-refractivity contribution >= 4 is 23.2 Å². The van der Waals surface area contributed by atoms with Crippen LogP contribution < -0.4 is 15.9 Å². The van der Waals surface area contributed by atoms with E-state index in [0.29, 0.717) is 22.7 Å². The molecule has 0 aliphatic heterocycles. The van der Waals surface area contributed by atoms with Gasteiger partial charge in [-0.15, -0.1) is 0 Å². The summed E-state index contributed by atoms with van der Waals surface area (Å²) in [6.07, 6.45) is 0. The Bertz CT molecular complexity index is 871. The maximum absolute atomic E-state index is 11.6. The molecule has 0 heterocycles. The fourth-order valence-electron chi connectivity index (χ4n) is 1.84. The van der Waals surface area contributed by atoms with Gasteiger partial charge in [0, 0.05) is 0 Å². The van der Waals surface area contributed by atoms with E-state index in [1.165, 1.54) is 7.11 Å². The Labute approximate surface area is 144 Å². The molecule has 0 saturated heterocycles. The molecule has 126 valence electrons. The number of rotatable bonds is 6. The molecule has 2 aromatic carbocycles. The smallest absolute Gasteiger partial charge is 0.337 e. The van der Waals surface area contributed by atoms with E-state index in [2.05, 4.69) is 15.3 Å². The van der Waals surface area contributed by atoms with Gasteiger partial charge in [-0.3, -0.25) is 10.8 Å². The molecule has 2 rings (SSSR count). The van der Waals surface area contributed by atoms with Crippen molar-refractivity contribution < 1.29 is 14.3 Å². The summed E-state index contributed by atoms with van der Waals surface area (Å²) in [5.74, 6) is -0.0805. The third-order valence-corrected chi connectivity index (χ3v) is 3.02. The summed E-state index contributed by atoms with van der Waals surface area (Å²) in [5.41, 5.74) is 8.45. The highest BCUT2D eigenvalue weighted by Gasteiger charge is 2.09. The molecule has 4 N–H and O–H groups in total. The van der Waals surface area contributed by atoms with Crippen LogP contribution in [0.2, 0.25) is 0 Å². The van der Waals surface area contributed by atoms with E-state index in [1.807, 2.05) is 0 Å². The first-order chi connectivity index (χ1) is 12.0. The molecule has 0 aromatic heterocycles. The number of hydrogen-bond donors (Lipinski definition) is 3. The second kappa shape index (κ2) is 8.12. The van der Waals surface area contributed by atoms with Crippen molar-refractivity contribution in [3.63, 3.8) is 0 Å². The Morgan fingerprint density at radius 3 is 2.72 bits per heavy atom. The summed E-state index contributed by atoms with van der Waals surface area (Å²) in [5, 5.41) is 19.9. The molecule has 0 unspecified atom stereocenters. The van der Waals surface area contributed by atoms with Gasteiger partial charge < -0.3 is 15.2 Å². The summed E-state index contributed by atoms with van der Waals surface area (Å²) in [6, 6.07) is 15.1. The summed E-state index contributed by atoms with van der Waals surface area (Å²) in [6.45, 7) is 0. The lowest BCUT2D eigenvalue weighted by atomic mass is 10.2. The van der Waals surface area contributed by atoms with E-state index < -0.39 is 11.8 Å². The van der Waals surface area contributed by atoms with Crippen LogP contribution in [0.1, 0.15) is 10.4 Å². The number of nitrogens with zero attached hydrogens (tertiary/aromatic N) is 2. The summed E-state index contributed by atoms with van der Waals surface area (Å²) >= 11 is 0. The zero-order chi connectivity index (χ0) is 18.2. The van der Waals surface area contributed by atoms with E-state index in [-0.39, 0.29) is 5.71 Å². The monoisotopic (exact) mass is 337 g/mol. The first kappa shape index (κ1) is 17.5. The third-order valence-electron chi connectivity index (χ3n) is 3.02. The van der Waals surface area contributed by atoms with Gasteiger partial charge >= 0.3 is 5.97 Å². The minimum atomic E-state index is -0.471. The Morgan fingerprint density at radius 2 is 2.04 bits per heavy atom. The number of nitriles is 1. The second-order valence-corrected chi connectivity index (χ2v) is 4.72. The number of amidine groups is 1. The van der Waals surface area contributed by atoms with Crippen molar-refractivity contribution in [1.82, 2.24) is 0 Å². The van der Waals surface area contributed by atoms with Gasteiger partial charge in [0.1, 0.15) is 11.8 Å². The van der Waals surface area contributed by atoms with Crippen LogP contribution in [0, 0.1) is 16.7 Å². The molecule has 8 heteroatoms. The lowest BCUT2D eigenvalue weighted by Gasteiger charge is -2.11. The molecule has 0 saturated carbocycles. The predicted molar refractivity (Wildman–Crippen MR) is 92.9 cm³/mol. The quantitative estimate of drug-likeness (QED) is 0.321. The van der Waals surface area contributed by atoms with E-state index in [1.54, 1.807) is 54.6 Å². The van der Waals surface area contributed by atoms with Gasteiger partial charge in [0.25, 0.3) is 0 Å². The van der Waals surface area contributed by atoms with E-state index in [9.17, 15) is 4.79 Å². The molecule has 25 heavy (non-hydrogen) atoms. The van der Waals surface area contributed by atoms with Crippen molar-refractivity contribution in [3.8, 4) is 17.6 Å². The Balaban J connectivity index is 2.26. The van der Waals surface area contributed by atoms with Gasteiger partial charge in [-0.25, -0.2) is 4.79 Å². The highest BCUT2D eigenvalue weighted by Crippen LogP contribution is 2.29. The van der Waals surface area contributed by atoms with Gasteiger partial charge in [-0.05, 0) is 30.3 Å². The number of benzene rings is 2. The van der Waals surface area contributed by atoms with Crippen LogP contribution in [0.5, 0.6) is 11.5 Å². The van der Waals surface area contributed by atoms with Gasteiger partial charge in [0.2, 0.25) is 5.71 Å². The lowest BCUT2D eigenvalue weighted by Crippen LogP contribution is -2.21. The van der Waals surface area contributed by atoms with Crippen molar-refractivity contribution in [2.75, 3.05) is 12.5 Å². The minimum Gasteiger partial charge on any atom is -0.465 e. The van der Waals surface area contributed by atoms with Crippen LogP contribution in [-0.2, 0) is 4.74 Å². The van der Waals surface area contributed by atoms with Crippen LogP contribution >= 0.6 is 0 Å². The van der Waals surface area contributed by atoms with Crippen LogP contribution in [0.3, 0.4) is 0 Å². The number of nitrogens with two attached hydrogens (primary N) is 1. The standard InChI is InChI=1S/C17H15N5O3/c1-24-17(23)11-5-4-6-12(9-11)25-15-8-3-2-7-13(15)21-22-14(10-18)16(19)20/h2-9,21H,1H3,(H3,19,20)/b22-14+. The number of methoxy groups -OCH3 is 1. The van der Waals surface area contributed by atoms with Gasteiger partial charge in [0.05, 0.1) is 18.4 Å². The highest BCUT2D eigenvalue weighted by molar-refractivity contribution is 6.45. The van der Waals surface area contributed by atoms with E-state index in [0.717, 1.165) is 0 Å². The minimum absolute atomic E-state index is 0.248. The van der Waals surface area contributed by atoms with Gasteiger partial charge in [-0.1, -0.05) is 18.2 Å². The molecular formula is C17H15N5O3. The Hall–Kier alpha value is -3.86. The van der Waals surface area contributed by atoms with Crippen LogP contribution in [0.25, 0.3) is 0 Å². The summed E-state index contributed by atoms with van der Waals surface area (Å²) in [4.78, 5) is 11.6. The normalized spacial score (nSPS) is 10.5. The van der Waals surface area contributed by atoms with Crippen molar-refractivity contribution in [2.24, 2.45) is 10.8 Å². The first-order valence-corrected chi connectivity index (χ1v) is 7.08. The third kappa shape index (κ3) is 4.56. The molecule has 0 amide bonds. The molecule has 0 radical (unpaired) electrons. The fourth-order valence-corrected chi connectivity index (χ4v) is 1.84. The number of para-hydroxylation sites is 2. The largest absolute Gasteiger partial charge is 0.465 e. The van der Waals surface area contributed by atoms with Gasteiger partial charge in [0.15, 0.2) is 11.6 Å². The van der Waals surface area contributed by atoms with Gasteiger partial charge in [-0.2, -0.15) is 10.4 Å². The molecule has 0 spiro atoms. The molecule has 0 atom stereocenters. The van der Waals surface area contributed by atoms with Crippen molar-refractivity contribution in [1.29, 1.82) is 10.7 Å². The molecule has 0 bridgehead atoms. The summed E-state index contributed by atoms with van der Waals surface area (Å²) in [7, 11) is 1.30. The molecule has 8 nitrogen and oxygen atoms in total.